The molecular weight excluding hydrogens is 176 g/mol. The second kappa shape index (κ2) is 5.16. The topological polar surface area (TPSA) is 65.0 Å². The van der Waals surface area contributed by atoms with Crippen molar-refractivity contribution in [2.45, 2.75) is 25.7 Å². The van der Waals surface area contributed by atoms with Gasteiger partial charge < -0.3 is 19.3 Å². The maximum atomic E-state index is 10.9. The molecule has 2 atom stereocenters. The third-order valence-corrected chi connectivity index (χ3v) is 1.66. The minimum absolute atomic E-state index is 0.0660. The minimum Gasteiger partial charge on any atom is -0.464 e. The number of esters is 1. The molecule has 0 aliphatic carbocycles. The van der Waals surface area contributed by atoms with Crippen LogP contribution in [0.15, 0.2) is 0 Å². The van der Waals surface area contributed by atoms with Crippen LogP contribution in [-0.4, -0.2) is 43.3 Å². The van der Waals surface area contributed by atoms with Crippen molar-refractivity contribution in [1.82, 2.24) is 0 Å². The Kier molecular flexibility index (Phi) is 4.14. The van der Waals surface area contributed by atoms with E-state index >= 15 is 0 Å². The van der Waals surface area contributed by atoms with Crippen molar-refractivity contribution >= 4 is 5.97 Å². The first-order valence-electron chi connectivity index (χ1n) is 4.32. The lowest BCUT2D eigenvalue weighted by atomic mass is 10.3. The summed E-state index contributed by atoms with van der Waals surface area (Å²) in [6.07, 6.45) is -0.650. The molecule has 0 aromatic carbocycles. The molecule has 0 amide bonds. The number of aliphatic hydroxyl groups excluding tert-OH is 1. The molecule has 5 heteroatoms. The largest absolute Gasteiger partial charge is 0.464 e. The highest BCUT2D eigenvalue weighted by atomic mass is 16.7. The number of hydrogen-bond acceptors (Lipinski definition) is 5. The van der Waals surface area contributed by atoms with E-state index in [0.29, 0.717) is 6.61 Å². The third-order valence-electron chi connectivity index (χ3n) is 1.66. The van der Waals surface area contributed by atoms with Gasteiger partial charge in [-0.1, -0.05) is 0 Å². The maximum absolute atomic E-state index is 10.9. The number of carbonyl (C=O) groups is 1. The average molecular weight is 190 g/mol. The number of ether oxygens (including phenoxy) is 3. The van der Waals surface area contributed by atoms with Crippen LogP contribution in [0.4, 0.5) is 0 Å². The lowest BCUT2D eigenvalue weighted by Crippen LogP contribution is -2.35. The highest BCUT2D eigenvalue weighted by Crippen LogP contribution is 2.12. The van der Waals surface area contributed by atoms with Crippen molar-refractivity contribution in [2.75, 3.05) is 19.8 Å². The average Bonchev–Trinajstić information content (AvgIpc) is 2.01. The van der Waals surface area contributed by atoms with Gasteiger partial charge in [0.2, 0.25) is 0 Å². The molecule has 1 saturated heterocycles. The fourth-order valence-electron chi connectivity index (χ4n) is 0.850. The highest BCUT2D eigenvalue weighted by molar-refractivity contribution is 5.74. The number of rotatable bonds is 5. The van der Waals surface area contributed by atoms with E-state index in [1.54, 1.807) is 6.92 Å². The first kappa shape index (κ1) is 10.4. The van der Waals surface area contributed by atoms with Crippen LogP contribution in [0.3, 0.4) is 0 Å². The van der Waals surface area contributed by atoms with E-state index in [1.807, 2.05) is 0 Å². The molecule has 0 aromatic heterocycles. The molecule has 13 heavy (non-hydrogen) atoms. The quantitative estimate of drug-likeness (QED) is 0.601. The van der Waals surface area contributed by atoms with E-state index in [0.717, 1.165) is 6.42 Å². The lowest BCUT2D eigenvalue weighted by Gasteiger charge is -2.26. The van der Waals surface area contributed by atoms with E-state index in [2.05, 4.69) is 4.74 Å². The van der Waals surface area contributed by atoms with Crippen molar-refractivity contribution < 1.29 is 24.1 Å². The van der Waals surface area contributed by atoms with Crippen LogP contribution in [0.5, 0.6) is 0 Å². The summed E-state index contributed by atoms with van der Waals surface area (Å²) in [5.74, 6) is -0.651. The molecule has 0 radical (unpaired) electrons. The van der Waals surface area contributed by atoms with Gasteiger partial charge in [0, 0.05) is 6.42 Å². The van der Waals surface area contributed by atoms with E-state index < -0.39 is 12.1 Å². The summed E-state index contributed by atoms with van der Waals surface area (Å²) >= 11 is 0. The Morgan fingerprint density at radius 2 is 2.46 bits per heavy atom. The van der Waals surface area contributed by atoms with Gasteiger partial charge >= 0.3 is 5.97 Å². The predicted octanol–water partition coefficient (Wildman–Crippen LogP) is -0.327. The normalized spacial score (nSPS) is 23.4. The fraction of sp³-hybridized carbons (Fsp3) is 0.875. The second-order valence-corrected chi connectivity index (χ2v) is 2.69. The van der Waals surface area contributed by atoms with E-state index in [1.165, 1.54) is 0 Å². The van der Waals surface area contributed by atoms with Crippen LogP contribution >= 0.6 is 0 Å². The van der Waals surface area contributed by atoms with Crippen LogP contribution in [0.25, 0.3) is 0 Å². The van der Waals surface area contributed by atoms with Gasteiger partial charge in [0.25, 0.3) is 0 Å². The summed E-state index contributed by atoms with van der Waals surface area (Å²) in [5, 5.41) is 9.16. The van der Waals surface area contributed by atoms with Gasteiger partial charge in [-0.05, 0) is 6.92 Å². The molecule has 0 aromatic rings. The van der Waals surface area contributed by atoms with Crippen LogP contribution in [0, 0.1) is 0 Å². The molecule has 76 valence electrons. The van der Waals surface area contributed by atoms with E-state index in [4.69, 9.17) is 14.6 Å². The molecule has 1 unspecified atom stereocenters. The Balaban J connectivity index is 2.08. The fourth-order valence-corrected chi connectivity index (χ4v) is 0.850. The maximum Gasteiger partial charge on any atom is 0.337 e. The smallest absolute Gasteiger partial charge is 0.337 e. The zero-order valence-electron chi connectivity index (χ0n) is 7.56. The summed E-state index contributed by atoms with van der Waals surface area (Å²) in [6.45, 7) is 2.56. The minimum atomic E-state index is -1.20. The highest BCUT2D eigenvalue weighted by Gasteiger charge is 2.23. The van der Waals surface area contributed by atoms with Crippen molar-refractivity contribution in [3.63, 3.8) is 0 Å². The van der Waals surface area contributed by atoms with Crippen LogP contribution < -0.4 is 0 Å². The Hall–Kier alpha value is -0.650. The van der Waals surface area contributed by atoms with Crippen LogP contribution in [0.1, 0.15) is 13.3 Å². The molecule has 5 nitrogen and oxygen atoms in total. The molecule has 0 spiro atoms. The van der Waals surface area contributed by atoms with Crippen LogP contribution in [-0.2, 0) is 19.0 Å². The number of carbonyl (C=O) groups excluding carboxylic acids is 1. The molecule has 1 fully saturated rings. The van der Waals surface area contributed by atoms with Crippen molar-refractivity contribution in [3.05, 3.63) is 0 Å². The number of hydrogen-bond donors (Lipinski definition) is 1. The molecule has 1 rings (SSSR count). The van der Waals surface area contributed by atoms with Crippen LogP contribution in [0.2, 0.25) is 0 Å². The Morgan fingerprint density at radius 3 is 2.92 bits per heavy atom. The molecule has 1 N–H and O–H groups in total. The van der Waals surface area contributed by atoms with Gasteiger partial charge in [-0.25, -0.2) is 4.79 Å². The molecular formula is C8H14O5. The van der Waals surface area contributed by atoms with Crippen molar-refractivity contribution in [2.24, 2.45) is 0 Å². The zero-order valence-corrected chi connectivity index (χ0v) is 7.56. The molecule has 0 saturated carbocycles. The molecule has 1 aliphatic heterocycles. The zero-order chi connectivity index (χ0) is 9.68. The van der Waals surface area contributed by atoms with E-state index in [-0.39, 0.29) is 19.5 Å². The van der Waals surface area contributed by atoms with Gasteiger partial charge in [0.1, 0.15) is 0 Å². The number of aliphatic hydroxyl groups is 1. The Morgan fingerprint density at radius 1 is 1.77 bits per heavy atom. The predicted molar refractivity (Wildman–Crippen MR) is 42.9 cm³/mol. The van der Waals surface area contributed by atoms with Gasteiger partial charge in [0.05, 0.1) is 19.8 Å². The summed E-state index contributed by atoms with van der Waals surface area (Å²) in [4.78, 5) is 10.9. The summed E-state index contributed by atoms with van der Waals surface area (Å²) < 4.78 is 14.5. The Bertz CT molecular complexity index is 166. The molecule has 1 aliphatic rings. The summed E-state index contributed by atoms with van der Waals surface area (Å²) in [6, 6.07) is 0. The SMILES string of the molecule is CCOC(=O)[C@H](O)COC1CCO1. The van der Waals surface area contributed by atoms with Crippen molar-refractivity contribution in [1.29, 1.82) is 0 Å². The first-order chi connectivity index (χ1) is 6.24. The second-order valence-electron chi connectivity index (χ2n) is 2.69. The first-order valence-corrected chi connectivity index (χ1v) is 4.32. The van der Waals surface area contributed by atoms with Gasteiger partial charge in [-0.2, -0.15) is 0 Å². The van der Waals surface area contributed by atoms with Gasteiger partial charge in [0.15, 0.2) is 12.4 Å². The Labute approximate surface area is 76.6 Å². The lowest BCUT2D eigenvalue weighted by molar-refractivity contribution is -0.225. The summed E-state index contributed by atoms with van der Waals surface area (Å²) in [5.41, 5.74) is 0. The van der Waals surface area contributed by atoms with Gasteiger partial charge in [-0.3, -0.25) is 0 Å². The third kappa shape index (κ3) is 3.30. The van der Waals surface area contributed by atoms with Crippen molar-refractivity contribution in [3.8, 4) is 0 Å². The van der Waals surface area contributed by atoms with E-state index in [9.17, 15) is 4.79 Å². The molecule has 0 bridgehead atoms. The van der Waals surface area contributed by atoms with Gasteiger partial charge in [-0.15, -0.1) is 0 Å². The molecule has 1 heterocycles. The summed E-state index contributed by atoms with van der Waals surface area (Å²) in [7, 11) is 0. The monoisotopic (exact) mass is 190 g/mol. The standard InChI is InChI=1S/C8H14O5/c1-2-11-8(10)6(9)5-13-7-3-4-12-7/h6-7,9H,2-5H2,1H3/t6-,7?/m1/s1.